The van der Waals surface area contributed by atoms with E-state index in [0.717, 1.165) is 34.8 Å². The first-order valence-corrected chi connectivity index (χ1v) is 9.30. The van der Waals surface area contributed by atoms with Crippen molar-refractivity contribution in [3.05, 3.63) is 88.2 Å². The Morgan fingerprint density at radius 1 is 1.04 bits per heavy atom. The predicted molar refractivity (Wildman–Crippen MR) is 111 cm³/mol. The first-order chi connectivity index (χ1) is 13.0. The van der Waals surface area contributed by atoms with E-state index in [1.807, 2.05) is 24.3 Å². The van der Waals surface area contributed by atoms with Crippen LogP contribution in [0.1, 0.15) is 22.4 Å². The number of methoxy groups -OCH3 is 1. The molecule has 27 heavy (non-hydrogen) atoms. The third kappa shape index (κ3) is 3.43. The minimum Gasteiger partial charge on any atom is -0.497 e. The summed E-state index contributed by atoms with van der Waals surface area (Å²) in [6, 6.07) is 18.3. The Balaban J connectivity index is 1.89. The number of ether oxygens (including phenoxy) is 1. The van der Waals surface area contributed by atoms with Crippen molar-refractivity contribution in [2.75, 3.05) is 7.11 Å². The SMILES string of the molecule is COc1ccc(Cc2c(-c3cccc(Cl)c3)nc3ccc(C)cn23)c(C)c1. The molecule has 3 nitrogen and oxygen atoms in total. The van der Waals surface area contributed by atoms with E-state index < -0.39 is 0 Å². The molecule has 0 bridgehead atoms. The second-order valence-electron chi connectivity index (χ2n) is 6.82. The van der Waals surface area contributed by atoms with E-state index >= 15 is 0 Å². The number of aryl methyl sites for hydroxylation is 2. The van der Waals surface area contributed by atoms with Crippen LogP contribution in [0.2, 0.25) is 5.02 Å². The molecule has 0 saturated heterocycles. The molecule has 0 amide bonds. The zero-order valence-corrected chi connectivity index (χ0v) is 16.4. The van der Waals surface area contributed by atoms with E-state index in [9.17, 15) is 0 Å². The monoisotopic (exact) mass is 376 g/mol. The molecule has 0 aliphatic carbocycles. The van der Waals surface area contributed by atoms with Gasteiger partial charge in [-0.3, -0.25) is 0 Å². The van der Waals surface area contributed by atoms with Gasteiger partial charge in [0.15, 0.2) is 0 Å². The smallest absolute Gasteiger partial charge is 0.137 e. The second-order valence-corrected chi connectivity index (χ2v) is 7.26. The molecular formula is C23H21ClN2O. The van der Waals surface area contributed by atoms with Crippen LogP contribution in [-0.4, -0.2) is 16.5 Å². The Hall–Kier alpha value is -2.78. The molecule has 0 atom stereocenters. The second kappa shape index (κ2) is 7.09. The molecule has 2 aromatic carbocycles. The Morgan fingerprint density at radius 2 is 1.89 bits per heavy atom. The lowest BCUT2D eigenvalue weighted by molar-refractivity contribution is 0.414. The lowest BCUT2D eigenvalue weighted by Gasteiger charge is -2.10. The minimum absolute atomic E-state index is 0.715. The van der Waals surface area contributed by atoms with Crippen LogP contribution in [0, 0.1) is 13.8 Å². The number of benzene rings is 2. The first kappa shape index (κ1) is 17.6. The number of fused-ring (bicyclic) bond motifs is 1. The number of aromatic nitrogens is 2. The van der Waals surface area contributed by atoms with Gasteiger partial charge in [0.1, 0.15) is 11.4 Å². The summed E-state index contributed by atoms with van der Waals surface area (Å²) < 4.78 is 7.53. The van der Waals surface area contributed by atoms with Crippen LogP contribution in [0.3, 0.4) is 0 Å². The normalized spacial score (nSPS) is 11.1. The van der Waals surface area contributed by atoms with Crippen molar-refractivity contribution in [3.8, 4) is 17.0 Å². The van der Waals surface area contributed by atoms with Crippen LogP contribution < -0.4 is 4.74 Å². The van der Waals surface area contributed by atoms with Crippen molar-refractivity contribution < 1.29 is 4.74 Å². The molecule has 2 aromatic heterocycles. The Morgan fingerprint density at radius 3 is 2.63 bits per heavy atom. The number of pyridine rings is 1. The van der Waals surface area contributed by atoms with Crippen LogP contribution in [0.15, 0.2) is 60.8 Å². The zero-order chi connectivity index (χ0) is 19.0. The molecule has 0 radical (unpaired) electrons. The van der Waals surface area contributed by atoms with Gasteiger partial charge < -0.3 is 9.14 Å². The Bertz CT molecular complexity index is 1130. The summed E-state index contributed by atoms with van der Waals surface area (Å²) in [7, 11) is 1.69. The van der Waals surface area contributed by atoms with Crippen LogP contribution >= 0.6 is 11.6 Å². The van der Waals surface area contributed by atoms with Crippen molar-refractivity contribution in [1.29, 1.82) is 0 Å². The molecule has 0 fully saturated rings. The van der Waals surface area contributed by atoms with Gasteiger partial charge in [-0.2, -0.15) is 0 Å². The molecular weight excluding hydrogens is 356 g/mol. The van der Waals surface area contributed by atoms with Gasteiger partial charge in [0.25, 0.3) is 0 Å². The van der Waals surface area contributed by atoms with Crippen molar-refractivity contribution in [2.24, 2.45) is 0 Å². The fourth-order valence-electron chi connectivity index (χ4n) is 3.41. The molecule has 0 N–H and O–H groups in total. The lowest BCUT2D eigenvalue weighted by Crippen LogP contribution is -1.99. The third-order valence-electron chi connectivity index (χ3n) is 4.87. The lowest BCUT2D eigenvalue weighted by atomic mass is 10.0. The van der Waals surface area contributed by atoms with Crippen LogP contribution in [0.4, 0.5) is 0 Å². The van der Waals surface area contributed by atoms with Crippen molar-refractivity contribution >= 4 is 17.2 Å². The highest BCUT2D eigenvalue weighted by Crippen LogP contribution is 2.30. The van der Waals surface area contributed by atoms with Crippen LogP contribution in [0.5, 0.6) is 5.75 Å². The number of hydrogen-bond acceptors (Lipinski definition) is 2. The van der Waals surface area contributed by atoms with Crippen molar-refractivity contribution in [2.45, 2.75) is 20.3 Å². The van der Waals surface area contributed by atoms with Gasteiger partial charge in [0.05, 0.1) is 18.5 Å². The molecule has 136 valence electrons. The maximum Gasteiger partial charge on any atom is 0.137 e. The van der Waals surface area contributed by atoms with Gasteiger partial charge in [0.2, 0.25) is 0 Å². The predicted octanol–water partition coefficient (Wildman–Crippen LogP) is 5.87. The molecule has 0 spiro atoms. The summed E-state index contributed by atoms with van der Waals surface area (Å²) in [4.78, 5) is 4.90. The van der Waals surface area contributed by atoms with E-state index in [1.54, 1.807) is 7.11 Å². The van der Waals surface area contributed by atoms with Gasteiger partial charge in [0, 0.05) is 23.2 Å². The highest BCUT2D eigenvalue weighted by atomic mass is 35.5. The molecule has 0 saturated carbocycles. The van der Waals surface area contributed by atoms with E-state index in [2.05, 4.69) is 54.8 Å². The summed E-state index contributed by atoms with van der Waals surface area (Å²) in [6.07, 6.45) is 2.92. The average Bonchev–Trinajstić information content (AvgIpc) is 3.01. The largest absolute Gasteiger partial charge is 0.497 e. The number of halogens is 1. The number of hydrogen-bond donors (Lipinski definition) is 0. The van der Waals surface area contributed by atoms with E-state index in [4.69, 9.17) is 21.3 Å². The minimum atomic E-state index is 0.715. The zero-order valence-electron chi connectivity index (χ0n) is 15.7. The summed E-state index contributed by atoms with van der Waals surface area (Å²) in [6.45, 7) is 4.21. The Labute approximate surface area is 164 Å². The van der Waals surface area contributed by atoms with E-state index in [1.165, 1.54) is 16.7 Å². The maximum absolute atomic E-state index is 6.24. The number of imidazole rings is 1. The van der Waals surface area contributed by atoms with E-state index in [-0.39, 0.29) is 0 Å². The molecule has 0 unspecified atom stereocenters. The van der Waals surface area contributed by atoms with Crippen molar-refractivity contribution in [1.82, 2.24) is 9.38 Å². The average molecular weight is 377 g/mol. The van der Waals surface area contributed by atoms with E-state index in [0.29, 0.717) is 5.02 Å². The molecule has 0 aliphatic heterocycles. The third-order valence-corrected chi connectivity index (χ3v) is 5.11. The Kier molecular flexibility index (Phi) is 4.63. The standard InChI is InChI=1S/C23H21ClN2O/c1-15-7-10-22-25-23(18-5-4-6-19(24)12-18)21(26(22)14-15)13-17-8-9-20(27-3)11-16(17)2/h4-12,14H,13H2,1-3H3. The summed E-state index contributed by atoms with van der Waals surface area (Å²) in [5.41, 5.74) is 7.76. The molecule has 4 rings (SSSR count). The molecule has 4 heteroatoms. The van der Waals surface area contributed by atoms with Gasteiger partial charge in [-0.05, 0) is 60.9 Å². The fourth-order valence-corrected chi connectivity index (χ4v) is 3.60. The van der Waals surface area contributed by atoms with Gasteiger partial charge >= 0.3 is 0 Å². The number of rotatable bonds is 4. The molecule has 0 aliphatic rings. The maximum atomic E-state index is 6.24. The summed E-state index contributed by atoms with van der Waals surface area (Å²) in [5, 5.41) is 0.715. The van der Waals surface area contributed by atoms with Crippen molar-refractivity contribution in [3.63, 3.8) is 0 Å². The van der Waals surface area contributed by atoms with Gasteiger partial charge in [-0.25, -0.2) is 4.98 Å². The van der Waals surface area contributed by atoms with Crippen LogP contribution in [0.25, 0.3) is 16.9 Å². The highest BCUT2D eigenvalue weighted by Gasteiger charge is 2.16. The fraction of sp³-hybridized carbons (Fsp3) is 0.174. The van der Waals surface area contributed by atoms with Crippen LogP contribution in [-0.2, 0) is 6.42 Å². The quantitative estimate of drug-likeness (QED) is 0.445. The summed E-state index contributed by atoms with van der Waals surface area (Å²) in [5.74, 6) is 0.875. The summed E-state index contributed by atoms with van der Waals surface area (Å²) >= 11 is 6.24. The number of nitrogens with zero attached hydrogens (tertiary/aromatic N) is 2. The topological polar surface area (TPSA) is 26.5 Å². The van der Waals surface area contributed by atoms with Gasteiger partial charge in [-0.15, -0.1) is 0 Å². The molecule has 4 aromatic rings. The first-order valence-electron chi connectivity index (χ1n) is 8.92. The highest BCUT2D eigenvalue weighted by molar-refractivity contribution is 6.30. The van der Waals surface area contributed by atoms with Gasteiger partial charge in [-0.1, -0.05) is 35.9 Å². The molecule has 2 heterocycles.